The molecule has 0 bridgehead atoms. The molecular formula is C20H26N2O4S. The van der Waals surface area contributed by atoms with Gasteiger partial charge in [0.1, 0.15) is 16.4 Å². The van der Waals surface area contributed by atoms with Crippen LogP contribution in [0.2, 0.25) is 0 Å². The number of para-hydroxylation sites is 2. The molecule has 1 heterocycles. The number of benzene rings is 2. The van der Waals surface area contributed by atoms with Gasteiger partial charge in [-0.3, -0.25) is 0 Å². The number of hydrogen-bond donors (Lipinski definition) is 0. The van der Waals surface area contributed by atoms with Gasteiger partial charge in [0.05, 0.1) is 19.4 Å². The molecule has 146 valence electrons. The second-order valence-electron chi connectivity index (χ2n) is 6.45. The highest BCUT2D eigenvalue weighted by atomic mass is 32.2. The molecule has 0 aliphatic carbocycles. The van der Waals surface area contributed by atoms with E-state index in [9.17, 15) is 8.42 Å². The Kier molecular flexibility index (Phi) is 5.92. The molecule has 0 radical (unpaired) electrons. The van der Waals surface area contributed by atoms with Crippen molar-refractivity contribution < 1.29 is 17.9 Å². The summed E-state index contributed by atoms with van der Waals surface area (Å²) in [5, 5.41) is 0. The smallest absolute Gasteiger partial charge is 0.246 e. The van der Waals surface area contributed by atoms with Crippen LogP contribution in [0.5, 0.6) is 11.5 Å². The summed E-state index contributed by atoms with van der Waals surface area (Å²) in [6.07, 6.45) is 0. The number of methoxy groups -OCH3 is 1. The molecule has 1 fully saturated rings. The molecular weight excluding hydrogens is 364 g/mol. The first-order valence-corrected chi connectivity index (χ1v) is 10.5. The molecule has 1 aliphatic rings. The van der Waals surface area contributed by atoms with Gasteiger partial charge in [0.15, 0.2) is 0 Å². The maximum absolute atomic E-state index is 13.2. The molecule has 1 saturated heterocycles. The molecule has 6 nitrogen and oxygen atoms in total. The number of ether oxygens (including phenoxy) is 2. The lowest BCUT2D eigenvalue weighted by molar-refractivity contribution is 0.327. The Labute approximate surface area is 161 Å². The molecule has 0 aromatic heterocycles. The quantitative estimate of drug-likeness (QED) is 0.759. The first kappa shape index (κ1) is 19.5. The Morgan fingerprint density at radius 3 is 2.37 bits per heavy atom. The lowest BCUT2D eigenvalue weighted by Gasteiger charge is -2.36. The van der Waals surface area contributed by atoms with Gasteiger partial charge in [-0.25, -0.2) is 8.42 Å². The largest absolute Gasteiger partial charge is 0.495 e. The van der Waals surface area contributed by atoms with E-state index in [1.54, 1.807) is 25.3 Å². The Balaban J connectivity index is 1.79. The van der Waals surface area contributed by atoms with E-state index in [1.807, 2.05) is 38.1 Å². The van der Waals surface area contributed by atoms with Crippen molar-refractivity contribution in [2.24, 2.45) is 0 Å². The van der Waals surface area contributed by atoms with E-state index in [2.05, 4.69) is 4.90 Å². The number of rotatable bonds is 6. The molecule has 3 rings (SSSR count). The number of aryl methyl sites for hydroxylation is 1. The van der Waals surface area contributed by atoms with E-state index >= 15 is 0 Å². The number of sulfonamides is 1. The minimum Gasteiger partial charge on any atom is -0.495 e. The zero-order valence-electron chi connectivity index (χ0n) is 16.0. The fraction of sp³-hybridized carbons (Fsp3) is 0.400. The Morgan fingerprint density at radius 2 is 1.70 bits per heavy atom. The number of hydrogen-bond acceptors (Lipinski definition) is 5. The van der Waals surface area contributed by atoms with E-state index in [-0.39, 0.29) is 4.90 Å². The standard InChI is InChI=1S/C20H26N2O4S/c1-4-26-19-15-16(2)9-10-20(19)27(23,24)22-13-11-21(12-14-22)17-7-5-6-8-18(17)25-3/h5-10,15H,4,11-14H2,1-3H3. The van der Waals surface area contributed by atoms with Gasteiger partial charge in [-0.05, 0) is 43.7 Å². The predicted molar refractivity (Wildman–Crippen MR) is 106 cm³/mol. The second-order valence-corrected chi connectivity index (χ2v) is 8.35. The van der Waals surface area contributed by atoms with Crippen molar-refractivity contribution in [2.75, 3.05) is 44.8 Å². The van der Waals surface area contributed by atoms with E-state index in [1.165, 1.54) is 4.31 Å². The third kappa shape index (κ3) is 4.04. The highest BCUT2D eigenvalue weighted by Crippen LogP contribution is 2.31. The van der Waals surface area contributed by atoms with Crippen LogP contribution in [0.15, 0.2) is 47.4 Å². The van der Waals surface area contributed by atoms with Crippen LogP contribution in [0.3, 0.4) is 0 Å². The molecule has 0 amide bonds. The average Bonchev–Trinajstić information content (AvgIpc) is 2.68. The summed E-state index contributed by atoms with van der Waals surface area (Å²) in [5.41, 5.74) is 1.96. The summed E-state index contributed by atoms with van der Waals surface area (Å²) in [6.45, 7) is 6.24. The van der Waals surface area contributed by atoms with Crippen LogP contribution in [-0.2, 0) is 10.0 Å². The maximum Gasteiger partial charge on any atom is 0.246 e. The van der Waals surface area contributed by atoms with Crippen LogP contribution in [0.4, 0.5) is 5.69 Å². The minimum absolute atomic E-state index is 0.237. The highest BCUT2D eigenvalue weighted by molar-refractivity contribution is 7.89. The SMILES string of the molecule is CCOc1cc(C)ccc1S(=O)(=O)N1CCN(c2ccccc2OC)CC1. The van der Waals surface area contributed by atoms with Crippen LogP contribution in [0.25, 0.3) is 0 Å². The van der Waals surface area contributed by atoms with Crippen molar-refractivity contribution in [1.29, 1.82) is 0 Å². The van der Waals surface area contributed by atoms with Crippen LogP contribution in [0, 0.1) is 6.92 Å². The molecule has 0 unspecified atom stereocenters. The topological polar surface area (TPSA) is 59.1 Å². The Morgan fingerprint density at radius 1 is 1.00 bits per heavy atom. The summed E-state index contributed by atoms with van der Waals surface area (Å²) in [4.78, 5) is 2.39. The molecule has 0 N–H and O–H groups in total. The number of nitrogens with zero attached hydrogens (tertiary/aromatic N) is 2. The van der Waals surface area contributed by atoms with E-state index < -0.39 is 10.0 Å². The fourth-order valence-electron chi connectivity index (χ4n) is 3.30. The average molecular weight is 391 g/mol. The van der Waals surface area contributed by atoms with E-state index in [4.69, 9.17) is 9.47 Å². The highest BCUT2D eigenvalue weighted by Gasteiger charge is 2.31. The second kappa shape index (κ2) is 8.19. The number of piperazine rings is 1. The normalized spacial score (nSPS) is 15.6. The van der Waals surface area contributed by atoms with Gasteiger partial charge in [0.25, 0.3) is 0 Å². The molecule has 0 atom stereocenters. The molecule has 2 aromatic carbocycles. The zero-order chi connectivity index (χ0) is 19.4. The summed E-state index contributed by atoms with van der Waals surface area (Å²) >= 11 is 0. The summed E-state index contributed by atoms with van der Waals surface area (Å²) < 4.78 is 38.9. The maximum atomic E-state index is 13.2. The minimum atomic E-state index is -3.60. The van der Waals surface area contributed by atoms with Gasteiger partial charge in [0, 0.05) is 26.2 Å². The molecule has 0 spiro atoms. The van der Waals surface area contributed by atoms with Crippen LogP contribution >= 0.6 is 0 Å². The summed E-state index contributed by atoms with van der Waals surface area (Å²) in [5.74, 6) is 1.22. The first-order chi connectivity index (χ1) is 13.0. The summed E-state index contributed by atoms with van der Waals surface area (Å²) in [6, 6.07) is 13.0. The van der Waals surface area contributed by atoms with Gasteiger partial charge >= 0.3 is 0 Å². The van der Waals surface area contributed by atoms with Crippen LogP contribution in [-0.4, -0.2) is 52.6 Å². The lowest BCUT2D eigenvalue weighted by Crippen LogP contribution is -2.48. The summed E-state index contributed by atoms with van der Waals surface area (Å²) in [7, 11) is -1.96. The van der Waals surface area contributed by atoms with E-state index in [0.717, 1.165) is 17.0 Å². The zero-order valence-corrected chi connectivity index (χ0v) is 16.8. The van der Waals surface area contributed by atoms with Gasteiger partial charge in [-0.1, -0.05) is 18.2 Å². The lowest BCUT2D eigenvalue weighted by atomic mass is 10.2. The van der Waals surface area contributed by atoms with Gasteiger partial charge in [-0.2, -0.15) is 4.31 Å². The van der Waals surface area contributed by atoms with Crippen molar-refractivity contribution >= 4 is 15.7 Å². The van der Waals surface area contributed by atoms with Crippen molar-refractivity contribution in [1.82, 2.24) is 4.31 Å². The Hall–Kier alpha value is -2.25. The number of anilines is 1. The van der Waals surface area contributed by atoms with Gasteiger partial charge < -0.3 is 14.4 Å². The third-order valence-electron chi connectivity index (χ3n) is 4.68. The van der Waals surface area contributed by atoms with Crippen molar-refractivity contribution in [3.63, 3.8) is 0 Å². The predicted octanol–water partition coefficient (Wildman–Crippen LogP) is 2.91. The molecule has 27 heavy (non-hydrogen) atoms. The van der Waals surface area contributed by atoms with Crippen LogP contribution < -0.4 is 14.4 Å². The molecule has 2 aromatic rings. The first-order valence-electron chi connectivity index (χ1n) is 9.09. The van der Waals surface area contributed by atoms with Gasteiger partial charge in [-0.15, -0.1) is 0 Å². The van der Waals surface area contributed by atoms with E-state index in [0.29, 0.717) is 38.5 Å². The fourth-order valence-corrected chi connectivity index (χ4v) is 4.83. The monoisotopic (exact) mass is 390 g/mol. The van der Waals surface area contributed by atoms with Crippen molar-refractivity contribution in [3.05, 3.63) is 48.0 Å². The molecule has 7 heteroatoms. The molecule has 1 aliphatic heterocycles. The van der Waals surface area contributed by atoms with Crippen molar-refractivity contribution in [2.45, 2.75) is 18.7 Å². The third-order valence-corrected chi connectivity index (χ3v) is 6.62. The van der Waals surface area contributed by atoms with Crippen LogP contribution in [0.1, 0.15) is 12.5 Å². The Bertz CT molecular complexity index is 891. The van der Waals surface area contributed by atoms with Gasteiger partial charge in [0.2, 0.25) is 10.0 Å². The molecule has 0 saturated carbocycles. The van der Waals surface area contributed by atoms with Crippen molar-refractivity contribution in [3.8, 4) is 11.5 Å².